The molecule has 0 atom stereocenters. The fourth-order valence-corrected chi connectivity index (χ4v) is 3.10. The van der Waals surface area contributed by atoms with Crippen molar-refractivity contribution in [3.8, 4) is 0 Å². The van der Waals surface area contributed by atoms with Crippen molar-refractivity contribution in [3.63, 3.8) is 0 Å². The molecule has 0 heterocycles. The van der Waals surface area contributed by atoms with E-state index in [9.17, 15) is 13.2 Å². The summed E-state index contributed by atoms with van der Waals surface area (Å²) in [6.07, 6.45) is 6.51. The van der Waals surface area contributed by atoms with Crippen LogP contribution in [0.5, 0.6) is 0 Å². The van der Waals surface area contributed by atoms with Crippen LogP contribution in [0.3, 0.4) is 0 Å². The SMILES string of the molecule is C/C=C/C=C/C(=O)Nc1cccc(S(=O)(=O)NC(C)(C)C)c1. The van der Waals surface area contributed by atoms with Crippen LogP contribution in [0, 0.1) is 0 Å². The Labute approximate surface area is 132 Å². The number of carbonyl (C=O) groups excluding carboxylic acids is 1. The molecule has 2 N–H and O–H groups in total. The molecule has 0 spiro atoms. The van der Waals surface area contributed by atoms with E-state index in [1.165, 1.54) is 18.2 Å². The van der Waals surface area contributed by atoms with E-state index in [0.29, 0.717) is 5.69 Å². The topological polar surface area (TPSA) is 75.3 Å². The van der Waals surface area contributed by atoms with Gasteiger partial charge in [-0.05, 0) is 45.9 Å². The van der Waals surface area contributed by atoms with E-state index in [2.05, 4.69) is 10.0 Å². The molecule has 1 aromatic rings. The fraction of sp³-hybridized carbons (Fsp3) is 0.312. The van der Waals surface area contributed by atoms with Gasteiger partial charge in [0.05, 0.1) is 4.90 Å². The van der Waals surface area contributed by atoms with Crippen LogP contribution in [-0.4, -0.2) is 19.9 Å². The number of rotatable bonds is 5. The Morgan fingerprint density at radius 2 is 1.86 bits per heavy atom. The van der Waals surface area contributed by atoms with E-state index in [1.54, 1.807) is 51.1 Å². The van der Waals surface area contributed by atoms with Crippen molar-refractivity contribution in [2.75, 3.05) is 5.32 Å². The second-order valence-electron chi connectivity index (χ2n) is 5.76. The number of hydrogen-bond acceptors (Lipinski definition) is 3. The molecule has 1 rings (SSSR count). The average molecular weight is 322 g/mol. The number of carbonyl (C=O) groups is 1. The van der Waals surface area contributed by atoms with E-state index in [-0.39, 0.29) is 10.8 Å². The van der Waals surface area contributed by atoms with Crippen LogP contribution in [0.1, 0.15) is 27.7 Å². The van der Waals surface area contributed by atoms with Crippen LogP contribution in [-0.2, 0) is 14.8 Å². The molecule has 0 saturated heterocycles. The van der Waals surface area contributed by atoms with Gasteiger partial charge >= 0.3 is 0 Å². The minimum absolute atomic E-state index is 0.109. The van der Waals surface area contributed by atoms with Crippen molar-refractivity contribution in [1.82, 2.24) is 4.72 Å². The summed E-state index contributed by atoms with van der Waals surface area (Å²) in [5, 5.41) is 2.62. The number of anilines is 1. The summed E-state index contributed by atoms with van der Waals surface area (Å²) in [4.78, 5) is 11.8. The summed E-state index contributed by atoms with van der Waals surface area (Å²) in [5.41, 5.74) is -0.153. The third kappa shape index (κ3) is 6.24. The van der Waals surface area contributed by atoms with Crippen LogP contribution in [0.15, 0.2) is 53.5 Å². The molecular formula is C16H22N2O3S. The van der Waals surface area contributed by atoms with Gasteiger partial charge in [0.1, 0.15) is 0 Å². The molecule has 5 nitrogen and oxygen atoms in total. The van der Waals surface area contributed by atoms with Crippen molar-refractivity contribution in [2.24, 2.45) is 0 Å². The first-order valence-corrected chi connectivity index (χ1v) is 8.37. The summed E-state index contributed by atoms with van der Waals surface area (Å²) in [5.74, 6) is -0.323. The van der Waals surface area contributed by atoms with Gasteiger partial charge in [-0.2, -0.15) is 0 Å². The monoisotopic (exact) mass is 322 g/mol. The van der Waals surface area contributed by atoms with Crippen LogP contribution >= 0.6 is 0 Å². The molecule has 0 aliphatic rings. The fourth-order valence-electron chi connectivity index (χ4n) is 1.64. The molecule has 6 heteroatoms. The summed E-state index contributed by atoms with van der Waals surface area (Å²) in [7, 11) is -3.63. The van der Waals surface area contributed by atoms with Gasteiger partial charge in [0.15, 0.2) is 0 Å². The van der Waals surface area contributed by atoms with Gasteiger partial charge in [0.25, 0.3) is 0 Å². The van der Waals surface area contributed by atoms with Crippen LogP contribution in [0.25, 0.3) is 0 Å². The largest absolute Gasteiger partial charge is 0.322 e. The lowest BCUT2D eigenvalue weighted by Gasteiger charge is -2.20. The lowest BCUT2D eigenvalue weighted by molar-refractivity contribution is -0.111. The third-order valence-corrected chi connectivity index (χ3v) is 4.16. The van der Waals surface area contributed by atoms with Crippen molar-refractivity contribution in [1.29, 1.82) is 0 Å². The molecule has 120 valence electrons. The first-order valence-electron chi connectivity index (χ1n) is 6.88. The molecule has 0 aromatic heterocycles. The maximum absolute atomic E-state index is 12.2. The van der Waals surface area contributed by atoms with Crippen LogP contribution in [0.2, 0.25) is 0 Å². The smallest absolute Gasteiger partial charge is 0.248 e. The van der Waals surface area contributed by atoms with Crippen molar-refractivity contribution >= 4 is 21.6 Å². The van der Waals surface area contributed by atoms with Gasteiger partial charge < -0.3 is 5.32 Å². The highest BCUT2D eigenvalue weighted by Gasteiger charge is 2.22. The van der Waals surface area contributed by atoms with Gasteiger partial charge in [-0.3, -0.25) is 4.79 Å². The molecule has 0 unspecified atom stereocenters. The normalized spacial score (nSPS) is 12.9. The summed E-state index contributed by atoms with van der Waals surface area (Å²) in [6.45, 7) is 7.14. The van der Waals surface area contributed by atoms with Gasteiger partial charge in [-0.25, -0.2) is 13.1 Å². The molecule has 0 radical (unpaired) electrons. The maximum Gasteiger partial charge on any atom is 0.248 e. The van der Waals surface area contributed by atoms with Gasteiger partial charge in [0, 0.05) is 17.3 Å². The number of benzene rings is 1. The lowest BCUT2D eigenvalue weighted by atomic mass is 10.1. The third-order valence-electron chi connectivity index (χ3n) is 2.40. The van der Waals surface area contributed by atoms with E-state index in [4.69, 9.17) is 0 Å². The Bertz CT molecular complexity index is 684. The van der Waals surface area contributed by atoms with Crippen LogP contribution in [0.4, 0.5) is 5.69 Å². The molecule has 0 aliphatic carbocycles. The Balaban J connectivity index is 2.93. The highest BCUT2D eigenvalue weighted by Crippen LogP contribution is 2.17. The molecule has 1 amide bonds. The van der Waals surface area contributed by atoms with Gasteiger partial charge in [0.2, 0.25) is 15.9 Å². The van der Waals surface area contributed by atoms with Gasteiger partial charge in [-0.15, -0.1) is 0 Å². The van der Waals surface area contributed by atoms with Gasteiger partial charge in [-0.1, -0.05) is 24.3 Å². The second kappa shape index (κ2) is 7.38. The Morgan fingerprint density at radius 3 is 2.45 bits per heavy atom. The minimum atomic E-state index is -3.63. The zero-order chi connectivity index (χ0) is 16.8. The van der Waals surface area contributed by atoms with E-state index in [0.717, 1.165) is 0 Å². The predicted molar refractivity (Wildman–Crippen MR) is 89.1 cm³/mol. The Morgan fingerprint density at radius 1 is 1.18 bits per heavy atom. The first kappa shape index (κ1) is 18.1. The Kier molecular flexibility index (Phi) is 6.08. The minimum Gasteiger partial charge on any atom is -0.322 e. The number of amides is 1. The highest BCUT2D eigenvalue weighted by molar-refractivity contribution is 7.89. The lowest BCUT2D eigenvalue weighted by Crippen LogP contribution is -2.40. The number of hydrogen-bond donors (Lipinski definition) is 2. The molecule has 22 heavy (non-hydrogen) atoms. The quantitative estimate of drug-likeness (QED) is 0.646. The van der Waals surface area contributed by atoms with E-state index < -0.39 is 15.6 Å². The first-order chi connectivity index (χ1) is 10.1. The highest BCUT2D eigenvalue weighted by atomic mass is 32.2. The average Bonchev–Trinajstić information content (AvgIpc) is 2.36. The second-order valence-corrected chi connectivity index (χ2v) is 7.44. The summed E-state index contributed by atoms with van der Waals surface area (Å²) >= 11 is 0. The molecule has 0 fully saturated rings. The maximum atomic E-state index is 12.2. The number of nitrogens with one attached hydrogen (secondary N) is 2. The molecule has 0 bridgehead atoms. The number of sulfonamides is 1. The van der Waals surface area contributed by atoms with E-state index in [1.807, 2.05) is 6.92 Å². The molecule has 1 aromatic carbocycles. The predicted octanol–water partition coefficient (Wildman–Crippen LogP) is 2.83. The van der Waals surface area contributed by atoms with Crippen LogP contribution < -0.4 is 10.0 Å². The Hall–Kier alpha value is -1.92. The standard InChI is InChI=1S/C16H22N2O3S/c1-5-6-7-11-15(19)17-13-9-8-10-14(12-13)22(20,21)18-16(2,3)4/h5-12,18H,1-4H3,(H,17,19)/b6-5+,11-7+. The van der Waals surface area contributed by atoms with E-state index >= 15 is 0 Å². The summed E-state index contributed by atoms with van der Waals surface area (Å²) in [6, 6.07) is 6.13. The zero-order valence-corrected chi connectivity index (χ0v) is 14.1. The zero-order valence-electron chi connectivity index (χ0n) is 13.3. The van der Waals surface area contributed by atoms with Crippen molar-refractivity contribution in [3.05, 3.63) is 48.6 Å². The van der Waals surface area contributed by atoms with Crippen molar-refractivity contribution in [2.45, 2.75) is 38.1 Å². The number of allylic oxidation sites excluding steroid dienone is 3. The van der Waals surface area contributed by atoms with Crippen molar-refractivity contribution < 1.29 is 13.2 Å². The summed E-state index contributed by atoms with van der Waals surface area (Å²) < 4.78 is 27.1. The molecular weight excluding hydrogens is 300 g/mol. The molecule has 0 aliphatic heterocycles. The molecule has 0 saturated carbocycles.